The minimum absolute atomic E-state index is 0.0286. The maximum Gasteiger partial charge on any atom is 0.160 e. The average Bonchev–Trinajstić information content (AvgIpc) is 2.81. The molecule has 0 N–H and O–H groups in total. The predicted molar refractivity (Wildman–Crippen MR) is 126 cm³/mol. The van der Waals surface area contributed by atoms with E-state index in [1.165, 1.54) is 50.5 Å². The molecule has 4 nitrogen and oxygen atoms in total. The Morgan fingerprint density at radius 2 is 1.84 bits per heavy atom. The highest BCUT2D eigenvalue weighted by Gasteiger charge is 2.60. The zero-order valence-corrected chi connectivity index (χ0v) is 20.1. The average molecular weight is 440 g/mol. The van der Waals surface area contributed by atoms with Gasteiger partial charge >= 0.3 is 0 Å². The van der Waals surface area contributed by atoms with Gasteiger partial charge in [0.15, 0.2) is 6.29 Å². The van der Waals surface area contributed by atoms with E-state index in [4.69, 9.17) is 14.2 Å². The van der Waals surface area contributed by atoms with Crippen LogP contribution in [0, 0.1) is 28.6 Å². The number of allylic oxidation sites excluding steroid dienone is 1. The van der Waals surface area contributed by atoms with Gasteiger partial charge in [0, 0.05) is 23.7 Å². The lowest BCUT2D eigenvalue weighted by atomic mass is 9.46. The van der Waals surface area contributed by atoms with Crippen molar-refractivity contribution in [2.75, 3.05) is 13.2 Å². The molecule has 0 aromatic carbocycles. The molecule has 5 rings (SSSR count). The Morgan fingerprint density at radius 1 is 1.06 bits per heavy atom. The van der Waals surface area contributed by atoms with Crippen molar-refractivity contribution in [1.82, 2.24) is 4.98 Å². The van der Waals surface area contributed by atoms with E-state index in [9.17, 15) is 0 Å². The van der Waals surface area contributed by atoms with Crippen molar-refractivity contribution in [2.45, 2.75) is 90.4 Å². The van der Waals surface area contributed by atoms with Crippen molar-refractivity contribution in [3.8, 4) is 5.75 Å². The number of pyridine rings is 1. The van der Waals surface area contributed by atoms with Crippen LogP contribution in [0.4, 0.5) is 0 Å². The molecule has 2 heterocycles. The molecule has 4 fully saturated rings. The van der Waals surface area contributed by atoms with Crippen LogP contribution >= 0.6 is 0 Å². The minimum Gasteiger partial charge on any atom is -0.493 e. The monoisotopic (exact) mass is 439 g/mol. The molecule has 0 amide bonds. The standard InChI is InChI=1S/C28H41NO3/c1-20-9-10-24-27(2,23(20)14-18-30-22-12-16-29-17-13-22)15-11-25-28(24,3)19-31-26(32-25)21-7-5-4-6-8-21/h12-13,16-17,21,23-26H,1,4-11,14-15,18-19H2,2-3H3/t23-,24?,25-,26-,27+,28+/m1/s1. The lowest BCUT2D eigenvalue weighted by Crippen LogP contribution is -2.62. The molecule has 1 saturated heterocycles. The predicted octanol–water partition coefficient (Wildman–Crippen LogP) is 6.56. The topological polar surface area (TPSA) is 40.6 Å². The third-order valence-corrected chi connectivity index (χ3v) is 9.53. The molecule has 6 atom stereocenters. The van der Waals surface area contributed by atoms with Crippen LogP contribution in [0.1, 0.15) is 78.1 Å². The summed E-state index contributed by atoms with van der Waals surface area (Å²) in [6.45, 7) is 11.1. The Bertz CT molecular complexity index is 791. The van der Waals surface area contributed by atoms with Crippen molar-refractivity contribution in [2.24, 2.45) is 28.6 Å². The maximum atomic E-state index is 6.75. The highest BCUT2D eigenvalue weighted by atomic mass is 16.7. The van der Waals surface area contributed by atoms with E-state index in [0.29, 0.717) is 23.9 Å². The molecule has 1 unspecified atom stereocenters. The number of aromatic nitrogens is 1. The summed E-state index contributed by atoms with van der Waals surface area (Å²) in [5, 5.41) is 0. The van der Waals surface area contributed by atoms with Crippen LogP contribution in [-0.2, 0) is 9.47 Å². The van der Waals surface area contributed by atoms with Crippen LogP contribution < -0.4 is 4.74 Å². The van der Waals surface area contributed by atoms with Gasteiger partial charge in [-0.2, -0.15) is 0 Å². The van der Waals surface area contributed by atoms with Gasteiger partial charge in [-0.15, -0.1) is 0 Å². The number of ether oxygens (including phenoxy) is 3. The molecule has 1 aromatic heterocycles. The molecule has 32 heavy (non-hydrogen) atoms. The Morgan fingerprint density at radius 3 is 2.62 bits per heavy atom. The van der Waals surface area contributed by atoms with E-state index in [2.05, 4.69) is 25.4 Å². The molecule has 176 valence electrons. The lowest BCUT2D eigenvalue weighted by molar-refractivity contribution is -0.318. The Balaban J connectivity index is 1.28. The van der Waals surface area contributed by atoms with Gasteiger partial charge in [0.2, 0.25) is 0 Å². The summed E-state index contributed by atoms with van der Waals surface area (Å²) in [4.78, 5) is 4.08. The first-order chi connectivity index (χ1) is 15.5. The third kappa shape index (κ3) is 4.03. The largest absolute Gasteiger partial charge is 0.493 e. The first-order valence-corrected chi connectivity index (χ1v) is 13.0. The first-order valence-electron chi connectivity index (χ1n) is 13.0. The molecule has 0 bridgehead atoms. The summed E-state index contributed by atoms with van der Waals surface area (Å²) in [5.74, 6) is 2.61. The third-order valence-electron chi connectivity index (χ3n) is 9.53. The van der Waals surface area contributed by atoms with Crippen LogP contribution in [0.2, 0.25) is 0 Å². The molecule has 4 heteroatoms. The van der Waals surface area contributed by atoms with Gasteiger partial charge in [0.05, 0.1) is 19.3 Å². The number of hydrogen-bond acceptors (Lipinski definition) is 4. The van der Waals surface area contributed by atoms with E-state index < -0.39 is 0 Å². The molecule has 3 saturated carbocycles. The van der Waals surface area contributed by atoms with Crippen LogP contribution in [0.3, 0.4) is 0 Å². The molecule has 0 radical (unpaired) electrons. The summed E-state index contributed by atoms with van der Waals surface area (Å²) >= 11 is 0. The molecular formula is C28H41NO3. The van der Waals surface area contributed by atoms with Crippen molar-refractivity contribution < 1.29 is 14.2 Å². The number of hydrogen-bond donors (Lipinski definition) is 0. The van der Waals surface area contributed by atoms with Gasteiger partial charge < -0.3 is 14.2 Å². The molecule has 4 aliphatic rings. The van der Waals surface area contributed by atoms with E-state index in [0.717, 1.165) is 38.2 Å². The Hall–Kier alpha value is -1.39. The van der Waals surface area contributed by atoms with Gasteiger partial charge in [-0.25, -0.2) is 0 Å². The fourth-order valence-electron chi connectivity index (χ4n) is 7.77. The van der Waals surface area contributed by atoms with E-state index >= 15 is 0 Å². The molecule has 1 aromatic rings. The number of rotatable bonds is 5. The van der Waals surface area contributed by atoms with Crippen molar-refractivity contribution in [3.05, 3.63) is 36.7 Å². The van der Waals surface area contributed by atoms with Gasteiger partial charge in [0.25, 0.3) is 0 Å². The molecular weight excluding hydrogens is 398 g/mol. The van der Waals surface area contributed by atoms with Crippen molar-refractivity contribution in [3.63, 3.8) is 0 Å². The van der Waals surface area contributed by atoms with E-state index in [-0.39, 0.29) is 17.1 Å². The Labute approximate surface area is 194 Å². The van der Waals surface area contributed by atoms with Crippen LogP contribution in [-0.4, -0.2) is 30.6 Å². The summed E-state index contributed by atoms with van der Waals surface area (Å²) in [6.07, 6.45) is 16.3. The first kappa shape index (κ1) is 22.4. The van der Waals surface area contributed by atoms with Gasteiger partial charge in [-0.05, 0) is 74.3 Å². The second-order valence-electron chi connectivity index (χ2n) is 11.4. The second kappa shape index (κ2) is 9.10. The van der Waals surface area contributed by atoms with E-state index in [1.807, 2.05) is 12.1 Å². The molecule has 3 aliphatic carbocycles. The summed E-state index contributed by atoms with van der Waals surface area (Å²) in [5.41, 5.74) is 1.76. The second-order valence-corrected chi connectivity index (χ2v) is 11.4. The molecule has 0 spiro atoms. The van der Waals surface area contributed by atoms with Gasteiger partial charge in [-0.3, -0.25) is 4.98 Å². The highest BCUT2D eigenvalue weighted by molar-refractivity contribution is 5.19. The maximum absolute atomic E-state index is 6.75. The quantitative estimate of drug-likeness (QED) is 0.487. The van der Waals surface area contributed by atoms with Crippen LogP contribution in [0.15, 0.2) is 36.7 Å². The minimum atomic E-state index is 0.0286. The fraction of sp³-hybridized carbons (Fsp3) is 0.750. The van der Waals surface area contributed by atoms with Crippen molar-refractivity contribution >= 4 is 0 Å². The number of nitrogens with zero attached hydrogens (tertiary/aromatic N) is 1. The summed E-state index contributed by atoms with van der Waals surface area (Å²) in [7, 11) is 0. The lowest BCUT2D eigenvalue weighted by Gasteiger charge is -2.63. The fourth-order valence-corrected chi connectivity index (χ4v) is 7.77. The Kier molecular flexibility index (Phi) is 6.37. The summed E-state index contributed by atoms with van der Waals surface area (Å²) in [6, 6.07) is 3.87. The zero-order chi connectivity index (χ0) is 22.2. The molecule has 1 aliphatic heterocycles. The van der Waals surface area contributed by atoms with Gasteiger partial charge in [-0.1, -0.05) is 45.3 Å². The normalized spacial score (nSPS) is 40.4. The van der Waals surface area contributed by atoms with Crippen LogP contribution in [0.5, 0.6) is 5.75 Å². The van der Waals surface area contributed by atoms with Crippen LogP contribution in [0.25, 0.3) is 0 Å². The van der Waals surface area contributed by atoms with E-state index in [1.54, 1.807) is 12.4 Å². The zero-order valence-electron chi connectivity index (χ0n) is 20.1. The number of fused-ring (bicyclic) bond motifs is 3. The highest BCUT2D eigenvalue weighted by Crippen LogP contribution is 2.63. The smallest absolute Gasteiger partial charge is 0.160 e. The van der Waals surface area contributed by atoms with Gasteiger partial charge in [0.1, 0.15) is 5.75 Å². The SMILES string of the molecule is C=C1CCC2[C@]3(C)CO[C@@H](C4CCCCC4)O[C@@H]3CC[C@@]2(C)[C@@H]1CCOc1ccncc1. The summed E-state index contributed by atoms with van der Waals surface area (Å²) < 4.78 is 19.3. The van der Waals surface area contributed by atoms with Crippen molar-refractivity contribution in [1.29, 1.82) is 0 Å².